The van der Waals surface area contributed by atoms with Gasteiger partial charge in [0.1, 0.15) is 6.04 Å². The Morgan fingerprint density at radius 3 is 2.46 bits per heavy atom. The lowest BCUT2D eigenvalue weighted by Crippen LogP contribution is -2.53. The summed E-state index contributed by atoms with van der Waals surface area (Å²) in [5, 5.41) is 1.11. The molecule has 1 fully saturated rings. The van der Waals surface area contributed by atoms with E-state index < -0.39 is 6.04 Å². The number of ether oxygens (including phenoxy) is 1. The highest BCUT2D eigenvalue weighted by atomic mass is 35.5. The second kappa shape index (κ2) is 8.41. The molecule has 0 spiro atoms. The summed E-state index contributed by atoms with van der Waals surface area (Å²) in [5.74, 6) is -0.491. The van der Waals surface area contributed by atoms with Crippen LogP contribution in [0, 0.1) is 5.92 Å². The lowest BCUT2D eigenvalue weighted by atomic mass is 9.90. The summed E-state index contributed by atoms with van der Waals surface area (Å²) < 4.78 is 5.14. The van der Waals surface area contributed by atoms with E-state index in [1.807, 2.05) is 6.92 Å². The summed E-state index contributed by atoms with van der Waals surface area (Å²) in [4.78, 5) is 26.6. The number of nitrogens with zero attached hydrogens (tertiary/aromatic N) is 1. The maximum atomic E-state index is 12.8. The van der Waals surface area contributed by atoms with Crippen molar-refractivity contribution >= 4 is 46.7 Å². The topological polar surface area (TPSA) is 46.6 Å². The molecule has 4 nitrogen and oxygen atoms in total. The van der Waals surface area contributed by atoms with Gasteiger partial charge in [0.2, 0.25) is 5.91 Å². The fourth-order valence-corrected chi connectivity index (χ4v) is 4.00. The number of carbonyl (C=O) groups excluding carboxylic acids is 2. The normalized spacial score (nSPS) is 20.8. The van der Waals surface area contributed by atoms with Crippen molar-refractivity contribution in [1.29, 1.82) is 0 Å². The monoisotopic (exact) mass is 391 g/mol. The van der Waals surface area contributed by atoms with Crippen molar-refractivity contribution in [2.75, 3.05) is 13.2 Å². The molecule has 1 amide bonds. The predicted octanol–water partition coefficient (Wildman–Crippen LogP) is 4.38. The van der Waals surface area contributed by atoms with Crippen molar-refractivity contribution in [3.05, 3.63) is 32.8 Å². The van der Waals surface area contributed by atoms with Crippen LogP contribution in [0.5, 0.6) is 0 Å². The van der Waals surface area contributed by atoms with Gasteiger partial charge in [-0.2, -0.15) is 0 Å². The van der Waals surface area contributed by atoms with E-state index in [0.717, 1.165) is 12.8 Å². The maximum absolute atomic E-state index is 12.8. The molecule has 1 aromatic carbocycles. The van der Waals surface area contributed by atoms with Gasteiger partial charge in [0, 0.05) is 21.6 Å². The Morgan fingerprint density at radius 2 is 1.88 bits per heavy atom. The number of hydrogen-bond acceptors (Lipinski definition) is 3. The molecule has 0 bridgehead atoms. The third-order valence-electron chi connectivity index (χ3n) is 4.22. The lowest BCUT2D eigenvalue weighted by Gasteiger charge is -2.38. The van der Waals surface area contributed by atoms with Crippen LogP contribution in [0.25, 0.3) is 0 Å². The van der Waals surface area contributed by atoms with Crippen LogP contribution in [0.2, 0.25) is 15.1 Å². The molecular formula is C17H20Cl3NO3. The largest absolute Gasteiger partial charge is 0.464 e. The summed E-state index contributed by atoms with van der Waals surface area (Å²) in [6.45, 7) is 4.53. The highest BCUT2D eigenvalue weighted by Crippen LogP contribution is 2.31. The van der Waals surface area contributed by atoms with Gasteiger partial charge < -0.3 is 9.64 Å². The van der Waals surface area contributed by atoms with Crippen LogP contribution in [0.15, 0.2) is 12.1 Å². The van der Waals surface area contributed by atoms with Gasteiger partial charge in [-0.15, -0.1) is 0 Å². The number of piperidine rings is 1. The zero-order valence-corrected chi connectivity index (χ0v) is 15.9. The minimum Gasteiger partial charge on any atom is -0.464 e. The zero-order chi connectivity index (χ0) is 17.9. The van der Waals surface area contributed by atoms with Crippen LogP contribution in [-0.2, 0) is 20.7 Å². The Kier molecular flexibility index (Phi) is 6.79. The molecule has 2 rings (SSSR count). The Morgan fingerprint density at radius 1 is 1.25 bits per heavy atom. The Hall–Kier alpha value is -0.970. The van der Waals surface area contributed by atoms with Gasteiger partial charge in [-0.3, -0.25) is 4.79 Å². The Bertz CT molecular complexity index is 613. The second-order valence-corrected chi connectivity index (χ2v) is 7.18. The van der Waals surface area contributed by atoms with Crippen LogP contribution < -0.4 is 0 Å². The smallest absolute Gasteiger partial charge is 0.329 e. The SMILES string of the molecule is CCOC(=O)C1C(C)CCCN1C(=O)Cc1c(Cl)cc(Cl)cc1Cl. The molecular weight excluding hydrogens is 373 g/mol. The van der Waals surface area contributed by atoms with Crippen molar-refractivity contribution in [3.63, 3.8) is 0 Å². The van der Waals surface area contributed by atoms with Gasteiger partial charge in [0.25, 0.3) is 0 Å². The Labute approximate surface area is 157 Å². The molecule has 0 aliphatic carbocycles. The molecule has 7 heteroatoms. The van der Waals surface area contributed by atoms with Gasteiger partial charge >= 0.3 is 5.97 Å². The van der Waals surface area contributed by atoms with Gasteiger partial charge in [-0.1, -0.05) is 41.7 Å². The number of esters is 1. The first-order valence-electron chi connectivity index (χ1n) is 7.94. The quantitative estimate of drug-likeness (QED) is 0.714. The van der Waals surface area contributed by atoms with Gasteiger partial charge in [-0.05, 0) is 43.4 Å². The number of carbonyl (C=O) groups is 2. The molecule has 1 aromatic rings. The molecule has 1 aliphatic rings. The lowest BCUT2D eigenvalue weighted by molar-refractivity contribution is -0.159. The highest BCUT2D eigenvalue weighted by Gasteiger charge is 2.38. The third kappa shape index (κ3) is 4.35. The molecule has 2 atom stereocenters. The van der Waals surface area contributed by atoms with E-state index >= 15 is 0 Å². The molecule has 24 heavy (non-hydrogen) atoms. The zero-order valence-electron chi connectivity index (χ0n) is 13.7. The number of hydrogen-bond donors (Lipinski definition) is 0. The van der Waals surface area contributed by atoms with Crippen LogP contribution >= 0.6 is 34.8 Å². The number of benzene rings is 1. The van der Waals surface area contributed by atoms with Crippen molar-refractivity contribution in [3.8, 4) is 0 Å². The van der Waals surface area contributed by atoms with Crippen LogP contribution in [-0.4, -0.2) is 36.0 Å². The molecule has 0 N–H and O–H groups in total. The molecule has 132 valence electrons. The van der Waals surface area contributed by atoms with E-state index in [1.165, 1.54) is 0 Å². The fourth-order valence-electron chi connectivity index (χ4n) is 3.05. The van der Waals surface area contributed by atoms with E-state index in [9.17, 15) is 9.59 Å². The van der Waals surface area contributed by atoms with E-state index in [0.29, 0.717) is 33.8 Å². The van der Waals surface area contributed by atoms with Crippen LogP contribution in [0.3, 0.4) is 0 Å². The summed E-state index contributed by atoms with van der Waals surface area (Å²) >= 11 is 18.2. The minimum absolute atomic E-state index is 0.0253. The average molecular weight is 393 g/mol. The first kappa shape index (κ1) is 19.4. The first-order valence-corrected chi connectivity index (χ1v) is 9.08. The standard InChI is InChI=1S/C17H20Cl3NO3/c1-3-24-17(23)16-10(2)5-4-6-21(16)15(22)9-12-13(19)7-11(18)8-14(12)20/h7-8,10,16H,3-6,9H2,1-2H3. The maximum Gasteiger partial charge on any atom is 0.329 e. The highest BCUT2D eigenvalue weighted by molar-refractivity contribution is 6.39. The summed E-state index contributed by atoms with van der Waals surface area (Å²) in [6, 6.07) is 2.55. The fraction of sp³-hybridized carbons (Fsp3) is 0.529. The Balaban J connectivity index is 2.22. The molecule has 1 saturated heterocycles. The molecule has 0 saturated carbocycles. The number of rotatable bonds is 4. The van der Waals surface area contributed by atoms with Crippen molar-refractivity contribution in [2.24, 2.45) is 5.92 Å². The second-order valence-electron chi connectivity index (χ2n) is 5.93. The molecule has 0 radical (unpaired) electrons. The van der Waals surface area contributed by atoms with Gasteiger partial charge in [-0.25, -0.2) is 4.79 Å². The number of halogens is 3. The third-order valence-corrected chi connectivity index (χ3v) is 5.11. The van der Waals surface area contributed by atoms with Crippen molar-refractivity contribution in [1.82, 2.24) is 4.90 Å². The van der Waals surface area contributed by atoms with E-state index in [-0.39, 0.29) is 24.2 Å². The summed E-state index contributed by atoms with van der Waals surface area (Å²) in [6.07, 6.45) is 1.76. The van der Waals surface area contributed by atoms with Crippen molar-refractivity contribution < 1.29 is 14.3 Å². The summed E-state index contributed by atoms with van der Waals surface area (Å²) in [5.41, 5.74) is 0.522. The van der Waals surface area contributed by atoms with E-state index in [1.54, 1.807) is 24.0 Å². The first-order chi connectivity index (χ1) is 11.3. The summed E-state index contributed by atoms with van der Waals surface area (Å²) in [7, 11) is 0. The van der Waals surface area contributed by atoms with Gasteiger partial charge in [0.15, 0.2) is 0 Å². The minimum atomic E-state index is -0.559. The van der Waals surface area contributed by atoms with Crippen molar-refractivity contribution in [2.45, 2.75) is 39.2 Å². The van der Waals surface area contributed by atoms with Gasteiger partial charge in [0.05, 0.1) is 13.0 Å². The average Bonchev–Trinajstić information content (AvgIpc) is 2.50. The number of amides is 1. The number of likely N-dealkylation sites (tertiary alicyclic amines) is 1. The molecule has 1 heterocycles. The molecule has 2 unspecified atom stereocenters. The van der Waals surface area contributed by atoms with E-state index in [4.69, 9.17) is 39.5 Å². The van der Waals surface area contributed by atoms with Crippen LogP contribution in [0.1, 0.15) is 32.3 Å². The molecule has 1 aliphatic heterocycles. The predicted molar refractivity (Wildman–Crippen MR) is 95.7 cm³/mol. The van der Waals surface area contributed by atoms with E-state index in [2.05, 4.69) is 0 Å². The van der Waals surface area contributed by atoms with Crippen LogP contribution in [0.4, 0.5) is 0 Å². The molecule has 0 aromatic heterocycles.